The Morgan fingerprint density at radius 3 is 2.42 bits per heavy atom. The summed E-state index contributed by atoms with van der Waals surface area (Å²) in [5, 5.41) is 14.1. The highest BCUT2D eigenvalue weighted by atomic mass is 16.6. The molecule has 0 aromatic heterocycles. The van der Waals surface area contributed by atoms with Crippen molar-refractivity contribution in [1.29, 1.82) is 0 Å². The molecule has 0 spiro atoms. The number of nitrogens with one attached hydrogen (secondary N) is 1. The number of hydrogen-bond acceptors (Lipinski definition) is 4. The predicted molar refractivity (Wildman–Crippen MR) is 103 cm³/mol. The average molecular weight is 352 g/mol. The lowest BCUT2D eigenvalue weighted by atomic mass is 10.0. The van der Waals surface area contributed by atoms with Crippen molar-refractivity contribution in [3.05, 3.63) is 80.9 Å². The lowest BCUT2D eigenvalue weighted by Crippen LogP contribution is -2.23. The van der Waals surface area contributed by atoms with E-state index in [0.717, 1.165) is 16.7 Å². The molecule has 3 rings (SSSR count). The van der Waals surface area contributed by atoms with E-state index in [-0.39, 0.29) is 18.0 Å². The van der Waals surface area contributed by atoms with Crippen LogP contribution in [0, 0.1) is 10.1 Å². The second kappa shape index (κ2) is 7.81. The van der Waals surface area contributed by atoms with Gasteiger partial charge in [-0.25, -0.2) is 0 Å². The highest BCUT2D eigenvalue weighted by molar-refractivity contribution is 5.54. The lowest BCUT2D eigenvalue weighted by molar-refractivity contribution is -0.384. The molecule has 1 fully saturated rings. The van der Waals surface area contributed by atoms with Crippen LogP contribution in [0.15, 0.2) is 54.1 Å². The van der Waals surface area contributed by atoms with Gasteiger partial charge in [0.1, 0.15) is 6.23 Å². The van der Waals surface area contributed by atoms with E-state index < -0.39 is 4.92 Å². The molecule has 2 aromatic carbocycles. The maximum Gasteiger partial charge on any atom is 0.269 e. The van der Waals surface area contributed by atoms with Gasteiger partial charge in [0, 0.05) is 18.7 Å². The lowest BCUT2D eigenvalue weighted by Gasteiger charge is -2.14. The molecule has 1 saturated heterocycles. The van der Waals surface area contributed by atoms with E-state index in [0.29, 0.717) is 12.5 Å². The van der Waals surface area contributed by atoms with Crippen LogP contribution in [0.3, 0.4) is 0 Å². The van der Waals surface area contributed by atoms with Crippen LogP contribution in [0.4, 0.5) is 5.69 Å². The summed E-state index contributed by atoms with van der Waals surface area (Å²) < 4.78 is 6.09. The molecule has 26 heavy (non-hydrogen) atoms. The Morgan fingerprint density at radius 2 is 1.85 bits per heavy atom. The first-order chi connectivity index (χ1) is 12.4. The minimum absolute atomic E-state index is 0.0946. The van der Waals surface area contributed by atoms with Crippen LogP contribution >= 0.6 is 0 Å². The summed E-state index contributed by atoms with van der Waals surface area (Å²) in [6.07, 6.45) is 1.87. The molecule has 0 radical (unpaired) electrons. The van der Waals surface area contributed by atoms with Crippen molar-refractivity contribution in [2.75, 3.05) is 6.54 Å². The van der Waals surface area contributed by atoms with Crippen molar-refractivity contribution in [3.63, 3.8) is 0 Å². The zero-order valence-electron chi connectivity index (χ0n) is 15.3. The number of non-ortho nitro benzene ring substituents is 1. The Labute approximate surface area is 153 Å². The van der Waals surface area contributed by atoms with Crippen LogP contribution in [0.25, 0.3) is 6.08 Å². The van der Waals surface area contributed by atoms with Crippen LogP contribution in [0.5, 0.6) is 0 Å². The quantitative estimate of drug-likeness (QED) is 0.619. The number of rotatable bonds is 5. The van der Waals surface area contributed by atoms with Gasteiger partial charge in [-0.05, 0) is 47.2 Å². The molecule has 1 heterocycles. The van der Waals surface area contributed by atoms with Crippen LogP contribution in [0.1, 0.15) is 49.5 Å². The van der Waals surface area contributed by atoms with Gasteiger partial charge in [-0.2, -0.15) is 0 Å². The van der Waals surface area contributed by atoms with Gasteiger partial charge >= 0.3 is 0 Å². The minimum Gasteiger partial charge on any atom is -0.350 e. The largest absolute Gasteiger partial charge is 0.350 e. The Bertz CT molecular complexity index is 795. The van der Waals surface area contributed by atoms with Crippen molar-refractivity contribution in [2.45, 2.75) is 39.0 Å². The third-order valence-corrected chi connectivity index (χ3v) is 4.68. The van der Waals surface area contributed by atoms with Crippen LogP contribution in [-0.2, 0) is 4.74 Å². The van der Waals surface area contributed by atoms with Gasteiger partial charge in [0.2, 0.25) is 0 Å². The van der Waals surface area contributed by atoms with Gasteiger partial charge in [0.15, 0.2) is 0 Å². The molecule has 0 aliphatic carbocycles. The molecule has 0 amide bonds. The van der Waals surface area contributed by atoms with Gasteiger partial charge in [0.05, 0.1) is 11.0 Å². The number of nitro benzene ring substituents is 1. The van der Waals surface area contributed by atoms with Crippen molar-refractivity contribution in [2.24, 2.45) is 0 Å². The predicted octanol–water partition coefficient (Wildman–Crippen LogP) is 4.81. The maximum atomic E-state index is 10.8. The molecule has 5 heteroatoms. The van der Waals surface area contributed by atoms with E-state index in [1.807, 2.05) is 6.92 Å². The van der Waals surface area contributed by atoms with Gasteiger partial charge < -0.3 is 4.74 Å². The van der Waals surface area contributed by atoms with E-state index in [1.165, 1.54) is 17.7 Å². The zero-order valence-corrected chi connectivity index (χ0v) is 15.3. The summed E-state index contributed by atoms with van der Waals surface area (Å²) >= 11 is 0. The van der Waals surface area contributed by atoms with Crippen molar-refractivity contribution < 1.29 is 9.66 Å². The Kier molecular flexibility index (Phi) is 5.49. The molecule has 1 aliphatic rings. The number of benzene rings is 2. The summed E-state index contributed by atoms with van der Waals surface area (Å²) in [6, 6.07) is 15.1. The van der Waals surface area contributed by atoms with Crippen molar-refractivity contribution in [3.8, 4) is 0 Å². The summed E-state index contributed by atoms with van der Waals surface area (Å²) in [7, 11) is 0. The first-order valence-electron chi connectivity index (χ1n) is 8.85. The monoisotopic (exact) mass is 352 g/mol. The van der Waals surface area contributed by atoms with Crippen LogP contribution in [0.2, 0.25) is 0 Å². The average Bonchev–Trinajstić information content (AvgIpc) is 3.12. The Balaban J connectivity index is 1.66. The van der Waals surface area contributed by atoms with E-state index in [1.54, 1.807) is 12.1 Å². The molecular formula is C21H24N2O3. The van der Waals surface area contributed by atoms with E-state index >= 15 is 0 Å². The summed E-state index contributed by atoms with van der Waals surface area (Å²) in [6.45, 7) is 7.10. The Morgan fingerprint density at radius 1 is 1.19 bits per heavy atom. The van der Waals surface area contributed by atoms with E-state index in [4.69, 9.17) is 4.74 Å². The molecular weight excluding hydrogens is 328 g/mol. The van der Waals surface area contributed by atoms with Crippen molar-refractivity contribution >= 4 is 11.8 Å². The van der Waals surface area contributed by atoms with E-state index in [9.17, 15) is 10.1 Å². The van der Waals surface area contributed by atoms with Crippen LogP contribution < -0.4 is 5.32 Å². The highest BCUT2D eigenvalue weighted by Crippen LogP contribution is 2.28. The fraction of sp³-hybridized carbons (Fsp3) is 0.333. The second-order valence-electron chi connectivity index (χ2n) is 6.97. The summed E-state index contributed by atoms with van der Waals surface area (Å²) in [4.78, 5) is 10.4. The normalized spacial score (nSPS) is 20.5. The molecule has 5 nitrogen and oxygen atoms in total. The standard InChI is InChI=1S/C21H24N2O3/c1-14(2)17-6-4-16(5-7-17)12-15(3)21-22-13-20(26-21)18-8-10-19(11-9-18)23(24)25/h4-12,14,20-22H,13H2,1-3H3/b15-12+/t20-,21-/m1/s1. The van der Waals surface area contributed by atoms with Gasteiger partial charge in [-0.3, -0.25) is 15.4 Å². The molecule has 0 saturated carbocycles. The number of ether oxygens (including phenoxy) is 1. The first kappa shape index (κ1) is 18.3. The zero-order chi connectivity index (χ0) is 18.7. The fourth-order valence-electron chi connectivity index (χ4n) is 3.07. The molecule has 1 N–H and O–H groups in total. The second-order valence-corrected chi connectivity index (χ2v) is 6.97. The van der Waals surface area contributed by atoms with E-state index in [2.05, 4.69) is 49.5 Å². The number of hydrogen-bond donors (Lipinski definition) is 1. The third-order valence-electron chi connectivity index (χ3n) is 4.68. The van der Waals surface area contributed by atoms with Crippen molar-refractivity contribution in [1.82, 2.24) is 5.32 Å². The highest BCUT2D eigenvalue weighted by Gasteiger charge is 2.27. The van der Waals surface area contributed by atoms with Crippen LogP contribution in [-0.4, -0.2) is 17.7 Å². The first-order valence-corrected chi connectivity index (χ1v) is 8.85. The molecule has 2 aromatic rings. The number of nitro groups is 1. The molecule has 136 valence electrons. The molecule has 2 atom stereocenters. The van der Waals surface area contributed by atoms with Gasteiger partial charge in [-0.1, -0.05) is 44.2 Å². The maximum absolute atomic E-state index is 10.8. The molecule has 0 bridgehead atoms. The molecule has 1 aliphatic heterocycles. The topological polar surface area (TPSA) is 64.4 Å². The summed E-state index contributed by atoms with van der Waals surface area (Å²) in [5.74, 6) is 0.524. The minimum atomic E-state index is -0.391. The summed E-state index contributed by atoms with van der Waals surface area (Å²) in [5.41, 5.74) is 4.62. The number of nitrogens with zero attached hydrogens (tertiary/aromatic N) is 1. The van der Waals surface area contributed by atoms with Gasteiger partial charge in [0.25, 0.3) is 5.69 Å². The van der Waals surface area contributed by atoms with Gasteiger partial charge in [-0.15, -0.1) is 0 Å². The third kappa shape index (κ3) is 4.18. The SMILES string of the molecule is C/C(=C\c1ccc(C(C)C)cc1)[C@@H]1NC[C@H](c2ccc([N+](=O)[O-])cc2)O1. The molecule has 0 unspecified atom stereocenters. The smallest absolute Gasteiger partial charge is 0.269 e. The fourth-order valence-corrected chi connectivity index (χ4v) is 3.07. The Hall–Kier alpha value is -2.50.